The Morgan fingerprint density at radius 2 is 1.67 bits per heavy atom. The number of rotatable bonds is 6. The van der Waals surface area contributed by atoms with E-state index >= 15 is 0 Å². The maximum Gasteiger partial charge on any atom is 0.353 e. The summed E-state index contributed by atoms with van der Waals surface area (Å²) in [6.07, 6.45) is 1.29. The molecule has 0 aliphatic carbocycles. The average molecular weight is 384 g/mol. The Hall–Kier alpha value is -3.19. The third-order valence-corrected chi connectivity index (χ3v) is 4.11. The number of halogens is 1. The number of nitrogens with zero attached hydrogens (tertiary/aromatic N) is 3. The van der Waals surface area contributed by atoms with Gasteiger partial charge < -0.3 is 10.6 Å². The van der Waals surface area contributed by atoms with Crippen molar-refractivity contribution >= 4 is 34.6 Å². The summed E-state index contributed by atoms with van der Waals surface area (Å²) in [5.41, 5.74) is 3.56. The van der Waals surface area contributed by atoms with Gasteiger partial charge in [0.2, 0.25) is 11.6 Å². The van der Waals surface area contributed by atoms with Crippen LogP contribution in [0.4, 0.5) is 23.0 Å². The molecule has 27 heavy (non-hydrogen) atoms. The van der Waals surface area contributed by atoms with E-state index in [2.05, 4.69) is 20.6 Å². The molecule has 7 nitrogen and oxygen atoms in total. The minimum atomic E-state index is -0.491. The number of nitro groups is 1. The maximum absolute atomic E-state index is 11.7. The Morgan fingerprint density at radius 1 is 1.04 bits per heavy atom. The summed E-state index contributed by atoms with van der Waals surface area (Å²) >= 11 is 5.88. The summed E-state index contributed by atoms with van der Waals surface area (Å²) in [5, 5.41) is 18.3. The summed E-state index contributed by atoms with van der Waals surface area (Å²) in [5.74, 6) is 0.287. The van der Waals surface area contributed by atoms with Crippen LogP contribution in [0.1, 0.15) is 16.7 Å². The molecule has 0 aliphatic heterocycles. The molecule has 0 saturated heterocycles. The van der Waals surface area contributed by atoms with Gasteiger partial charge in [-0.2, -0.15) is 0 Å². The van der Waals surface area contributed by atoms with Crippen molar-refractivity contribution in [1.29, 1.82) is 0 Å². The molecule has 3 aromatic rings. The molecule has 8 heteroatoms. The zero-order chi connectivity index (χ0) is 19.4. The lowest BCUT2D eigenvalue weighted by atomic mass is 10.1. The van der Waals surface area contributed by atoms with Gasteiger partial charge in [-0.05, 0) is 54.8 Å². The Bertz CT molecular complexity index is 956. The molecule has 2 N–H and O–H groups in total. The number of aryl methyl sites for hydroxylation is 2. The van der Waals surface area contributed by atoms with Gasteiger partial charge in [-0.25, -0.2) is 9.97 Å². The average Bonchev–Trinajstić information content (AvgIpc) is 2.60. The summed E-state index contributed by atoms with van der Waals surface area (Å²) in [6, 6.07) is 13.0. The van der Waals surface area contributed by atoms with Crippen LogP contribution in [-0.4, -0.2) is 14.9 Å². The topological polar surface area (TPSA) is 93.0 Å². The maximum atomic E-state index is 11.7. The number of aromatic nitrogens is 2. The Kier molecular flexibility index (Phi) is 5.52. The fourth-order valence-corrected chi connectivity index (χ4v) is 2.87. The van der Waals surface area contributed by atoms with Crippen molar-refractivity contribution in [2.75, 3.05) is 10.6 Å². The van der Waals surface area contributed by atoms with E-state index in [1.807, 2.05) is 44.2 Å². The second kappa shape index (κ2) is 8.01. The van der Waals surface area contributed by atoms with Crippen molar-refractivity contribution in [2.24, 2.45) is 0 Å². The van der Waals surface area contributed by atoms with Crippen LogP contribution in [0.5, 0.6) is 0 Å². The van der Waals surface area contributed by atoms with E-state index < -0.39 is 4.92 Å². The molecule has 1 aromatic heterocycles. The van der Waals surface area contributed by atoms with E-state index in [0.717, 1.165) is 22.4 Å². The van der Waals surface area contributed by atoms with Crippen LogP contribution in [0.3, 0.4) is 0 Å². The second-order valence-electron chi connectivity index (χ2n) is 6.16. The van der Waals surface area contributed by atoms with Crippen LogP contribution in [0.2, 0.25) is 5.02 Å². The van der Waals surface area contributed by atoms with E-state index in [1.165, 1.54) is 6.33 Å². The molecule has 0 radical (unpaired) electrons. The van der Waals surface area contributed by atoms with Crippen LogP contribution >= 0.6 is 11.6 Å². The molecule has 2 aromatic carbocycles. The van der Waals surface area contributed by atoms with Gasteiger partial charge in [0.1, 0.15) is 6.33 Å². The highest BCUT2D eigenvalue weighted by atomic mass is 35.5. The molecule has 3 rings (SSSR count). The lowest BCUT2D eigenvalue weighted by Gasteiger charge is -2.11. The van der Waals surface area contributed by atoms with E-state index in [0.29, 0.717) is 11.6 Å². The molecule has 0 atom stereocenters. The molecule has 1 heterocycles. The molecular weight excluding hydrogens is 366 g/mol. The summed E-state index contributed by atoms with van der Waals surface area (Å²) in [7, 11) is 0. The third-order valence-electron chi connectivity index (χ3n) is 3.86. The molecule has 138 valence electrons. The zero-order valence-electron chi connectivity index (χ0n) is 14.9. The molecule has 0 saturated carbocycles. The van der Waals surface area contributed by atoms with Crippen molar-refractivity contribution in [3.63, 3.8) is 0 Å². The number of anilines is 3. The Balaban J connectivity index is 1.87. The SMILES string of the molecule is Cc1cc(C)cc(Nc2ncnc(NCc3ccc(Cl)cc3)c2[N+](=O)[O-])c1. The first-order valence-corrected chi connectivity index (χ1v) is 8.63. The first-order valence-electron chi connectivity index (χ1n) is 8.25. The van der Waals surface area contributed by atoms with Crippen LogP contribution in [0.15, 0.2) is 48.8 Å². The minimum Gasteiger partial charge on any atom is -0.360 e. The highest BCUT2D eigenvalue weighted by Gasteiger charge is 2.23. The zero-order valence-corrected chi connectivity index (χ0v) is 15.6. The summed E-state index contributed by atoms with van der Waals surface area (Å²) in [4.78, 5) is 19.3. The smallest absolute Gasteiger partial charge is 0.353 e. The molecule has 0 fully saturated rings. The highest BCUT2D eigenvalue weighted by molar-refractivity contribution is 6.30. The monoisotopic (exact) mass is 383 g/mol. The lowest BCUT2D eigenvalue weighted by molar-refractivity contribution is -0.383. The number of nitrogens with one attached hydrogen (secondary N) is 2. The van der Waals surface area contributed by atoms with Crippen molar-refractivity contribution in [3.05, 3.63) is 80.6 Å². The fraction of sp³-hybridized carbons (Fsp3) is 0.158. The summed E-state index contributed by atoms with van der Waals surface area (Å²) in [6.45, 7) is 4.30. The molecule has 0 unspecified atom stereocenters. The standard InChI is InChI=1S/C19H18ClN5O2/c1-12-7-13(2)9-16(8-12)24-19-17(25(26)27)18(22-11-23-19)21-10-14-3-5-15(20)6-4-14/h3-9,11H,10H2,1-2H3,(H2,21,22,23,24). The predicted octanol–water partition coefficient (Wildman–Crippen LogP) is 5.01. The first-order chi connectivity index (χ1) is 12.9. The van der Waals surface area contributed by atoms with Gasteiger partial charge >= 0.3 is 5.69 Å². The van der Waals surface area contributed by atoms with Gasteiger partial charge in [0.25, 0.3) is 0 Å². The quantitative estimate of drug-likeness (QED) is 0.459. The van der Waals surface area contributed by atoms with Crippen molar-refractivity contribution < 1.29 is 4.92 Å². The van der Waals surface area contributed by atoms with Crippen molar-refractivity contribution in [2.45, 2.75) is 20.4 Å². The lowest BCUT2D eigenvalue weighted by Crippen LogP contribution is -2.08. The number of hydrogen-bond acceptors (Lipinski definition) is 6. The fourth-order valence-electron chi connectivity index (χ4n) is 2.74. The van der Waals surface area contributed by atoms with Gasteiger partial charge in [0.05, 0.1) is 4.92 Å². The number of hydrogen-bond donors (Lipinski definition) is 2. The predicted molar refractivity (Wildman–Crippen MR) is 107 cm³/mol. The highest BCUT2D eigenvalue weighted by Crippen LogP contribution is 2.31. The number of benzene rings is 2. The van der Waals surface area contributed by atoms with E-state index in [1.54, 1.807) is 12.1 Å². The van der Waals surface area contributed by atoms with Gasteiger partial charge in [-0.15, -0.1) is 0 Å². The minimum absolute atomic E-state index is 0.138. The molecule has 0 bridgehead atoms. The van der Waals surface area contributed by atoms with Crippen LogP contribution in [0.25, 0.3) is 0 Å². The molecule has 0 aliphatic rings. The van der Waals surface area contributed by atoms with E-state index in [-0.39, 0.29) is 17.3 Å². The van der Waals surface area contributed by atoms with Crippen LogP contribution in [0, 0.1) is 24.0 Å². The summed E-state index contributed by atoms with van der Waals surface area (Å²) < 4.78 is 0. The third kappa shape index (κ3) is 4.71. The van der Waals surface area contributed by atoms with Gasteiger partial charge in [0, 0.05) is 17.3 Å². The first kappa shape index (κ1) is 18.6. The Morgan fingerprint density at radius 3 is 2.30 bits per heavy atom. The van der Waals surface area contributed by atoms with Crippen molar-refractivity contribution in [3.8, 4) is 0 Å². The van der Waals surface area contributed by atoms with Gasteiger partial charge in [-0.1, -0.05) is 29.8 Å². The second-order valence-corrected chi connectivity index (χ2v) is 6.59. The van der Waals surface area contributed by atoms with E-state index in [4.69, 9.17) is 11.6 Å². The van der Waals surface area contributed by atoms with Gasteiger partial charge in [0.15, 0.2) is 0 Å². The van der Waals surface area contributed by atoms with E-state index in [9.17, 15) is 10.1 Å². The van der Waals surface area contributed by atoms with Gasteiger partial charge in [-0.3, -0.25) is 10.1 Å². The molecular formula is C19H18ClN5O2. The molecule has 0 spiro atoms. The Labute approximate surface area is 161 Å². The normalized spacial score (nSPS) is 10.5. The van der Waals surface area contributed by atoms with Crippen LogP contribution < -0.4 is 10.6 Å². The molecule has 0 amide bonds. The largest absolute Gasteiger partial charge is 0.360 e. The van der Waals surface area contributed by atoms with Crippen LogP contribution in [-0.2, 0) is 6.54 Å². The van der Waals surface area contributed by atoms with Crippen molar-refractivity contribution in [1.82, 2.24) is 9.97 Å².